The fourth-order valence-corrected chi connectivity index (χ4v) is 3.28. The van der Waals surface area contributed by atoms with E-state index in [2.05, 4.69) is 4.72 Å². The molecule has 7 heteroatoms. The standard InChI is InChI=1S/C18H19ClN2O3S/c1-3-21(2)18(22)13-10-14-8-11-15(12-9-14)25(23,24)20-17-7-5-4-6-16(17)19/h4-13,20H,3H2,1-2H3/b13-10+. The van der Waals surface area contributed by atoms with E-state index < -0.39 is 10.0 Å². The number of sulfonamides is 1. The Bertz CT molecular complexity index is 877. The number of halogens is 1. The molecule has 1 amide bonds. The summed E-state index contributed by atoms with van der Waals surface area (Å²) in [5, 5.41) is 0.323. The maximum absolute atomic E-state index is 12.4. The van der Waals surface area contributed by atoms with Crippen LogP contribution in [0.1, 0.15) is 12.5 Å². The van der Waals surface area contributed by atoms with Crippen LogP contribution in [0.25, 0.3) is 6.08 Å². The van der Waals surface area contributed by atoms with Gasteiger partial charge in [-0.15, -0.1) is 0 Å². The highest BCUT2D eigenvalue weighted by Crippen LogP contribution is 2.24. The van der Waals surface area contributed by atoms with Crippen molar-refractivity contribution in [3.8, 4) is 0 Å². The van der Waals surface area contributed by atoms with E-state index in [9.17, 15) is 13.2 Å². The van der Waals surface area contributed by atoms with Gasteiger partial charge in [-0.1, -0.05) is 35.9 Å². The van der Waals surface area contributed by atoms with Crippen LogP contribution < -0.4 is 4.72 Å². The zero-order chi connectivity index (χ0) is 18.4. The van der Waals surface area contributed by atoms with Crippen molar-refractivity contribution >= 4 is 39.3 Å². The SMILES string of the molecule is CCN(C)C(=O)/C=C/c1ccc(S(=O)(=O)Nc2ccccc2Cl)cc1. The molecule has 0 unspecified atom stereocenters. The van der Waals surface area contributed by atoms with Gasteiger partial charge in [0, 0.05) is 19.7 Å². The van der Waals surface area contributed by atoms with E-state index in [4.69, 9.17) is 11.6 Å². The van der Waals surface area contributed by atoms with E-state index in [1.54, 1.807) is 54.4 Å². The molecule has 0 spiro atoms. The maximum Gasteiger partial charge on any atom is 0.261 e. The molecule has 0 aliphatic heterocycles. The number of amides is 1. The van der Waals surface area contributed by atoms with Crippen molar-refractivity contribution in [2.45, 2.75) is 11.8 Å². The molecule has 0 saturated carbocycles. The van der Waals surface area contributed by atoms with Crippen molar-refractivity contribution < 1.29 is 13.2 Å². The number of carbonyl (C=O) groups is 1. The molecule has 1 N–H and O–H groups in total. The lowest BCUT2D eigenvalue weighted by molar-refractivity contribution is -0.124. The fraction of sp³-hybridized carbons (Fsp3) is 0.167. The second-order valence-electron chi connectivity index (χ2n) is 5.34. The molecule has 132 valence electrons. The lowest BCUT2D eigenvalue weighted by Crippen LogP contribution is -2.23. The zero-order valence-corrected chi connectivity index (χ0v) is 15.5. The first-order chi connectivity index (χ1) is 11.8. The third-order valence-corrected chi connectivity index (χ3v) is 5.29. The number of anilines is 1. The summed E-state index contributed by atoms with van der Waals surface area (Å²) in [5.41, 5.74) is 1.05. The van der Waals surface area contributed by atoms with Crippen LogP contribution in [-0.2, 0) is 14.8 Å². The molecule has 0 aromatic heterocycles. The third kappa shape index (κ3) is 5.08. The molecule has 2 aromatic rings. The van der Waals surface area contributed by atoms with Gasteiger partial charge in [-0.2, -0.15) is 0 Å². The maximum atomic E-state index is 12.4. The average Bonchev–Trinajstić information content (AvgIpc) is 2.61. The topological polar surface area (TPSA) is 66.5 Å². The lowest BCUT2D eigenvalue weighted by Gasteiger charge is -2.11. The van der Waals surface area contributed by atoms with E-state index in [-0.39, 0.29) is 10.8 Å². The van der Waals surface area contributed by atoms with Crippen LogP contribution >= 0.6 is 11.6 Å². The van der Waals surface area contributed by atoms with Crippen LogP contribution in [0.4, 0.5) is 5.69 Å². The van der Waals surface area contributed by atoms with Crippen molar-refractivity contribution in [3.63, 3.8) is 0 Å². The van der Waals surface area contributed by atoms with Gasteiger partial charge in [-0.25, -0.2) is 8.42 Å². The van der Waals surface area contributed by atoms with Crippen LogP contribution in [0.2, 0.25) is 5.02 Å². The normalized spacial score (nSPS) is 11.5. The highest BCUT2D eigenvalue weighted by molar-refractivity contribution is 7.92. The van der Waals surface area contributed by atoms with E-state index in [0.717, 1.165) is 5.56 Å². The number of likely N-dealkylation sites (N-methyl/N-ethyl adjacent to an activating group) is 1. The number of rotatable bonds is 6. The quantitative estimate of drug-likeness (QED) is 0.780. The number of hydrogen-bond donors (Lipinski definition) is 1. The van der Waals surface area contributed by atoms with E-state index in [1.807, 2.05) is 6.92 Å². The Kier molecular flexibility index (Phi) is 6.22. The van der Waals surface area contributed by atoms with Crippen molar-refractivity contribution in [3.05, 3.63) is 65.2 Å². The molecular formula is C18H19ClN2O3S. The second kappa shape index (κ2) is 8.18. The summed E-state index contributed by atoms with van der Waals surface area (Å²) in [7, 11) is -2.02. The van der Waals surface area contributed by atoms with Gasteiger partial charge >= 0.3 is 0 Å². The van der Waals surface area contributed by atoms with Gasteiger partial charge in [0.1, 0.15) is 0 Å². The summed E-state index contributed by atoms with van der Waals surface area (Å²) >= 11 is 5.98. The zero-order valence-electron chi connectivity index (χ0n) is 13.9. The number of benzene rings is 2. The molecular weight excluding hydrogens is 360 g/mol. The highest BCUT2D eigenvalue weighted by atomic mass is 35.5. The summed E-state index contributed by atoms with van der Waals surface area (Å²) in [6.45, 7) is 2.51. The van der Waals surface area contributed by atoms with Crippen molar-refractivity contribution in [1.82, 2.24) is 4.90 Å². The van der Waals surface area contributed by atoms with E-state index in [1.165, 1.54) is 18.2 Å². The van der Waals surface area contributed by atoms with Crippen molar-refractivity contribution in [2.24, 2.45) is 0 Å². The van der Waals surface area contributed by atoms with Gasteiger partial charge in [-0.3, -0.25) is 9.52 Å². The van der Waals surface area contributed by atoms with E-state index >= 15 is 0 Å². The summed E-state index contributed by atoms with van der Waals surface area (Å²) in [6, 6.07) is 12.8. The van der Waals surface area contributed by atoms with Gasteiger partial charge in [0.2, 0.25) is 5.91 Å². The van der Waals surface area contributed by atoms with Crippen LogP contribution in [0, 0.1) is 0 Å². The Morgan fingerprint density at radius 2 is 1.80 bits per heavy atom. The number of nitrogens with one attached hydrogen (secondary N) is 1. The summed E-state index contributed by atoms with van der Waals surface area (Å²) < 4.78 is 27.3. The smallest absolute Gasteiger partial charge is 0.261 e. The van der Waals surface area contributed by atoms with Crippen LogP contribution in [0.15, 0.2) is 59.5 Å². The summed E-state index contributed by atoms with van der Waals surface area (Å²) in [6.07, 6.45) is 3.10. The first-order valence-electron chi connectivity index (χ1n) is 7.64. The number of hydrogen-bond acceptors (Lipinski definition) is 3. The van der Waals surface area contributed by atoms with Crippen molar-refractivity contribution in [1.29, 1.82) is 0 Å². The van der Waals surface area contributed by atoms with E-state index in [0.29, 0.717) is 17.3 Å². The number of carbonyl (C=O) groups excluding carboxylic acids is 1. The molecule has 2 aromatic carbocycles. The Labute approximate surface area is 153 Å². The van der Waals surface area contributed by atoms with Gasteiger partial charge in [0.15, 0.2) is 0 Å². The molecule has 0 radical (unpaired) electrons. The Morgan fingerprint density at radius 3 is 2.40 bits per heavy atom. The molecule has 25 heavy (non-hydrogen) atoms. The predicted octanol–water partition coefficient (Wildman–Crippen LogP) is 3.63. The molecule has 0 aliphatic carbocycles. The minimum Gasteiger partial charge on any atom is -0.343 e. The Hall–Kier alpha value is -2.31. The predicted molar refractivity (Wildman–Crippen MR) is 101 cm³/mol. The van der Waals surface area contributed by atoms with Crippen molar-refractivity contribution in [2.75, 3.05) is 18.3 Å². The molecule has 0 aliphatic rings. The molecule has 0 atom stereocenters. The molecule has 0 fully saturated rings. The van der Waals surface area contributed by atoms with Crippen LogP contribution in [0.5, 0.6) is 0 Å². The minimum absolute atomic E-state index is 0.111. The first-order valence-corrected chi connectivity index (χ1v) is 9.50. The lowest BCUT2D eigenvalue weighted by atomic mass is 10.2. The first kappa shape index (κ1) is 19.0. The highest BCUT2D eigenvalue weighted by Gasteiger charge is 2.15. The summed E-state index contributed by atoms with van der Waals surface area (Å²) in [5.74, 6) is -0.111. The molecule has 2 rings (SSSR count). The van der Waals surface area contributed by atoms with Gasteiger partial charge in [0.25, 0.3) is 10.0 Å². The average molecular weight is 379 g/mol. The molecule has 0 saturated heterocycles. The van der Waals surface area contributed by atoms with Crippen LogP contribution in [-0.4, -0.2) is 32.8 Å². The van der Waals surface area contributed by atoms with Crippen LogP contribution in [0.3, 0.4) is 0 Å². The van der Waals surface area contributed by atoms with Gasteiger partial charge in [-0.05, 0) is 42.8 Å². The Balaban J connectivity index is 2.15. The third-order valence-electron chi connectivity index (χ3n) is 3.58. The Morgan fingerprint density at radius 1 is 1.16 bits per heavy atom. The molecule has 0 bridgehead atoms. The monoisotopic (exact) mass is 378 g/mol. The second-order valence-corrected chi connectivity index (χ2v) is 7.43. The molecule has 0 heterocycles. The number of nitrogens with zero attached hydrogens (tertiary/aromatic N) is 1. The number of para-hydroxylation sites is 1. The summed E-state index contributed by atoms with van der Waals surface area (Å²) in [4.78, 5) is 13.4. The fourth-order valence-electron chi connectivity index (χ4n) is 1.96. The largest absolute Gasteiger partial charge is 0.343 e. The minimum atomic E-state index is -3.73. The van der Waals surface area contributed by atoms with Gasteiger partial charge < -0.3 is 4.90 Å². The van der Waals surface area contributed by atoms with Gasteiger partial charge in [0.05, 0.1) is 15.6 Å². The molecule has 5 nitrogen and oxygen atoms in total.